The van der Waals surface area contributed by atoms with Crippen molar-refractivity contribution in [2.45, 2.75) is 19.3 Å². The van der Waals surface area contributed by atoms with Gasteiger partial charge in [0.1, 0.15) is 0 Å². The number of hydrogen-bond acceptors (Lipinski definition) is 4. The first-order valence-electron chi connectivity index (χ1n) is 6.99. The van der Waals surface area contributed by atoms with Gasteiger partial charge in [0.2, 0.25) is 0 Å². The molecular formula is C15H22N2O3. The van der Waals surface area contributed by atoms with Gasteiger partial charge in [-0.2, -0.15) is 0 Å². The Balaban J connectivity index is 1.85. The van der Waals surface area contributed by atoms with E-state index in [2.05, 4.69) is 5.32 Å². The molecule has 1 saturated carbocycles. The van der Waals surface area contributed by atoms with E-state index in [4.69, 9.17) is 15.2 Å². The Kier molecular flexibility index (Phi) is 5.24. The fraction of sp³-hybridized carbons (Fsp3) is 0.533. The second-order valence-electron chi connectivity index (χ2n) is 5.06. The molecule has 0 aromatic heterocycles. The summed E-state index contributed by atoms with van der Waals surface area (Å²) < 4.78 is 10.8. The number of ether oxygens (including phenoxy) is 2. The molecule has 0 spiro atoms. The van der Waals surface area contributed by atoms with Gasteiger partial charge < -0.3 is 20.5 Å². The van der Waals surface area contributed by atoms with Gasteiger partial charge in [-0.25, -0.2) is 0 Å². The van der Waals surface area contributed by atoms with Crippen LogP contribution in [0.25, 0.3) is 0 Å². The molecule has 1 amide bonds. The third kappa shape index (κ3) is 4.42. The number of carbonyl (C=O) groups is 1. The van der Waals surface area contributed by atoms with Crippen LogP contribution in [0.15, 0.2) is 18.2 Å². The van der Waals surface area contributed by atoms with E-state index in [-0.39, 0.29) is 12.5 Å². The van der Waals surface area contributed by atoms with Crippen LogP contribution in [0.2, 0.25) is 0 Å². The zero-order chi connectivity index (χ0) is 14.4. The molecule has 0 aliphatic heterocycles. The number of benzene rings is 1. The number of amides is 1. The van der Waals surface area contributed by atoms with Crippen molar-refractivity contribution in [1.82, 2.24) is 5.32 Å². The maximum Gasteiger partial charge on any atom is 0.257 e. The standard InChI is InChI=1S/C15H22N2O3/c1-19-14-8-11(6-7-16)4-5-13(14)20-10-15(18)17-9-12-2-3-12/h4-5,8,12H,2-3,6-7,9-10,16H2,1H3,(H,17,18). The molecule has 0 atom stereocenters. The van der Waals surface area contributed by atoms with E-state index in [0.29, 0.717) is 24.0 Å². The predicted octanol–water partition coefficient (Wildman–Crippen LogP) is 1.10. The normalized spacial score (nSPS) is 13.9. The highest BCUT2D eigenvalue weighted by atomic mass is 16.5. The second kappa shape index (κ2) is 7.14. The number of hydrogen-bond donors (Lipinski definition) is 2. The summed E-state index contributed by atoms with van der Waals surface area (Å²) in [6.07, 6.45) is 3.23. The molecule has 0 unspecified atom stereocenters. The van der Waals surface area contributed by atoms with E-state index < -0.39 is 0 Å². The molecular weight excluding hydrogens is 256 g/mol. The van der Waals surface area contributed by atoms with E-state index in [1.807, 2.05) is 18.2 Å². The lowest BCUT2D eigenvalue weighted by atomic mass is 10.1. The Bertz CT molecular complexity index is 458. The maximum absolute atomic E-state index is 11.6. The van der Waals surface area contributed by atoms with Gasteiger partial charge in [-0.1, -0.05) is 6.07 Å². The summed E-state index contributed by atoms with van der Waals surface area (Å²) in [4.78, 5) is 11.6. The Morgan fingerprint density at radius 3 is 2.85 bits per heavy atom. The molecule has 1 aromatic rings. The van der Waals surface area contributed by atoms with Crippen molar-refractivity contribution in [2.24, 2.45) is 11.7 Å². The molecule has 0 bridgehead atoms. The number of nitrogens with one attached hydrogen (secondary N) is 1. The van der Waals surface area contributed by atoms with Gasteiger partial charge in [-0.3, -0.25) is 4.79 Å². The molecule has 1 aliphatic rings. The molecule has 3 N–H and O–H groups in total. The molecule has 110 valence electrons. The van der Waals surface area contributed by atoms with Gasteiger partial charge in [-0.15, -0.1) is 0 Å². The Hall–Kier alpha value is -1.75. The topological polar surface area (TPSA) is 73.6 Å². The summed E-state index contributed by atoms with van der Waals surface area (Å²) in [7, 11) is 1.58. The average molecular weight is 278 g/mol. The van der Waals surface area contributed by atoms with Crippen molar-refractivity contribution in [3.8, 4) is 11.5 Å². The largest absolute Gasteiger partial charge is 0.493 e. The first-order chi connectivity index (χ1) is 9.72. The van der Waals surface area contributed by atoms with Crippen molar-refractivity contribution in [1.29, 1.82) is 0 Å². The van der Waals surface area contributed by atoms with Crippen LogP contribution in [0.4, 0.5) is 0 Å². The van der Waals surface area contributed by atoms with Crippen LogP contribution >= 0.6 is 0 Å². The van der Waals surface area contributed by atoms with Crippen molar-refractivity contribution in [2.75, 3.05) is 26.8 Å². The number of nitrogens with two attached hydrogens (primary N) is 1. The highest BCUT2D eigenvalue weighted by Gasteiger charge is 2.21. The smallest absolute Gasteiger partial charge is 0.257 e. The first-order valence-corrected chi connectivity index (χ1v) is 6.99. The van der Waals surface area contributed by atoms with Gasteiger partial charge in [-0.05, 0) is 49.4 Å². The predicted molar refractivity (Wildman–Crippen MR) is 77.0 cm³/mol. The summed E-state index contributed by atoms with van der Waals surface area (Å²) in [5, 5.41) is 2.86. The number of methoxy groups -OCH3 is 1. The van der Waals surface area contributed by atoms with E-state index in [9.17, 15) is 4.79 Å². The maximum atomic E-state index is 11.6. The molecule has 0 heterocycles. The Morgan fingerprint density at radius 1 is 1.40 bits per heavy atom. The minimum atomic E-state index is -0.0926. The van der Waals surface area contributed by atoms with E-state index in [0.717, 1.165) is 18.5 Å². The average Bonchev–Trinajstić information content (AvgIpc) is 3.28. The summed E-state index contributed by atoms with van der Waals surface area (Å²) >= 11 is 0. The van der Waals surface area contributed by atoms with Crippen LogP contribution in [0.1, 0.15) is 18.4 Å². The van der Waals surface area contributed by atoms with Crippen molar-refractivity contribution >= 4 is 5.91 Å². The molecule has 5 nitrogen and oxygen atoms in total. The van der Waals surface area contributed by atoms with Crippen molar-refractivity contribution < 1.29 is 14.3 Å². The molecule has 2 rings (SSSR count). The Morgan fingerprint density at radius 2 is 2.20 bits per heavy atom. The monoisotopic (exact) mass is 278 g/mol. The summed E-state index contributed by atoms with van der Waals surface area (Å²) in [5.74, 6) is 1.79. The van der Waals surface area contributed by atoms with Gasteiger partial charge in [0.15, 0.2) is 18.1 Å². The molecule has 0 saturated heterocycles. The van der Waals surface area contributed by atoms with Gasteiger partial charge in [0, 0.05) is 6.54 Å². The minimum Gasteiger partial charge on any atom is -0.493 e. The van der Waals surface area contributed by atoms with Crippen LogP contribution in [-0.4, -0.2) is 32.7 Å². The lowest BCUT2D eigenvalue weighted by Crippen LogP contribution is -2.30. The van der Waals surface area contributed by atoms with Gasteiger partial charge in [0.05, 0.1) is 7.11 Å². The highest BCUT2D eigenvalue weighted by Crippen LogP contribution is 2.28. The molecule has 5 heteroatoms. The SMILES string of the molecule is COc1cc(CCN)ccc1OCC(=O)NCC1CC1. The zero-order valence-electron chi connectivity index (χ0n) is 11.9. The minimum absolute atomic E-state index is 0.0132. The van der Waals surface area contributed by atoms with Crippen LogP contribution in [0.5, 0.6) is 11.5 Å². The summed E-state index contributed by atoms with van der Waals surface area (Å²) in [6.45, 7) is 1.36. The molecule has 20 heavy (non-hydrogen) atoms. The van der Waals surface area contributed by atoms with E-state index in [1.165, 1.54) is 12.8 Å². The molecule has 1 aliphatic carbocycles. The van der Waals surface area contributed by atoms with Crippen molar-refractivity contribution in [3.63, 3.8) is 0 Å². The zero-order valence-corrected chi connectivity index (χ0v) is 11.9. The van der Waals surface area contributed by atoms with E-state index >= 15 is 0 Å². The van der Waals surface area contributed by atoms with E-state index in [1.54, 1.807) is 7.11 Å². The first kappa shape index (κ1) is 14.7. The molecule has 1 fully saturated rings. The lowest BCUT2D eigenvalue weighted by Gasteiger charge is -2.12. The third-order valence-corrected chi connectivity index (χ3v) is 3.30. The van der Waals surface area contributed by atoms with Crippen LogP contribution in [-0.2, 0) is 11.2 Å². The van der Waals surface area contributed by atoms with Gasteiger partial charge in [0.25, 0.3) is 5.91 Å². The summed E-state index contributed by atoms with van der Waals surface area (Å²) in [5.41, 5.74) is 6.62. The quantitative estimate of drug-likeness (QED) is 0.747. The number of rotatable bonds is 8. The Labute approximate surface area is 119 Å². The fourth-order valence-corrected chi connectivity index (χ4v) is 1.93. The van der Waals surface area contributed by atoms with Crippen LogP contribution in [0, 0.1) is 5.92 Å². The van der Waals surface area contributed by atoms with Crippen LogP contribution in [0.3, 0.4) is 0 Å². The fourth-order valence-electron chi connectivity index (χ4n) is 1.93. The van der Waals surface area contributed by atoms with Gasteiger partial charge >= 0.3 is 0 Å². The number of carbonyl (C=O) groups excluding carboxylic acids is 1. The third-order valence-electron chi connectivity index (χ3n) is 3.30. The lowest BCUT2D eigenvalue weighted by molar-refractivity contribution is -0.123. The van der Waals surface area contributed by atoms with Crippen molar-refractivity contribution in [3.05, 3.63) is 23.8 Å². The highest BCUT2D eigenvalue weighted by molar-refractivity contribution is 5.77. The molecule has 0 radical (unpaired) electrons. The second-order valence-corrected chi connectivity index (χ2v) is 5.06. The van der Waals surface area contributed by atoms with Crippen LogP contribution < -0.4 is 20.5 Å². The molecule has 1 aromatic carbocycles. The summed E-state index contributed by atoms with van der Waals surface area (Å²) in [6, 6.07) is 5.65.